The maximum absolute atomic E-state index is 12.4. The van der Waals surface area contributed by atoms with E-state index in [0.717, 1.165) is 0 Å². The quantitative estimate of drug-likeness (QED) is 0.519. The highest BCUT2D eigenvalue weighted by atomic mass is 16.7. The third-order valence-corrected chi connectivity index (χ3v) is 5.23. The number of Topliss-reactive ketones (excluding diaryl/α,β-unsaturated/α-hetero) is 1. The highest BCUT2D eigenvalue weighted by Gasteiger charge is 2.52. The Balaban J connectivity index is 1.57. The van der Waals surface area contributed by atoms with Crippen molar-refractivity contribution in [3.63, 3.8) is 0 Å². The van der Waals surface area contributed by atoms with E-state index in [2.05, 4.69) is 15.1 Å². The van der Waals surface area contributed by atoms with Gasteiger partial charge in [-0.15, -0.1) is 0 Å². The van der Waals surface area contributed by atoms with Crippen LogP contribution >= 0.6 is 0 Å². The fourth-order valence-electron chi connectivity index (χ4n) is 2.92. The molecule has 0 spiro atoms. The van der Waals surface area contributed by atoms with Crippen molar-refractivity contribution < 1.29 is 14.1 Å². The van der Waals surface area contributed by atoms with Crippen LogP contribution in [0.5, 0.6) is 0 Å². The van der Waals surface area contributed by atoms with Crippen molar-refractivity contribution in [3.05, 3.63) is 54.1 Å². The van der Waals surface area contributed by atoms with Crippen LogP contribution in [0.25, 0.3) is 5.65 Å². The van der Waals surface area contributed by atoms with Gasteiger partial charge < -0.3 is 9.31 Å². The van der Waals surface area contributed by atoms with Crippen molar-refractivity contribution in [2.45, 2.75) is 45.3 Å². The van der Waals surface area contributed by atoms with Gasteiger partial charge in [0.05, 0.1) is 35.1 Å². The Bertz CT molecular complexity index is 985. The molecule has 0 amide bonds. The van der Waals surface area contributed by atoms with E-state index in [-0.39, 0.29) is 12.2 Å². The molecule has 1 aliphatic heterocycles. The first-order valence-electron chi connectivity index (χ1n) is 8.89. The molecule has 7 nitrogen and oxygen atoms in total. The van der Waals surface area contributed by atoms with Crippen molar-refractivity contribution in [1.82, 2.24) is 19.6 Å². The molecular weight excluding hydrogens is 343 g/mol. The molecule has 3 aromatic heterocycles. The zero-order chi connectivity index (χ0) is 19.2. The van der Waals surface area contributed by atoms with Gasteiger partial charge in [-0.3, -0.25) is 9.78 Å². The number of nitrogens with zero attached hydrogens (tertiary/aromatic N) is 4. The SMILES string of the molecule is CC1(C)OB(c2ccc3nc(CC(=O)c4ccncc4)cn3n2)OC1(C)C. The second-order valence-corrected chi connectivity index (χ2v) is 7.72. The average molecular weight is 364 g/mol. The summed E-state index contributed by atoms with van der Waals surface area (Å²) >= 11 is 0. The van der Waals surface area contributed by atoms with Crippen LogP contribution in [-0.2, 0) is 15.7 Å². The Labute approximate surface area is 157 Å². The Morgan fingerprint density at radius 2 is 1.74 bits per heavy atom. The molecule has 0 aliphatic carbocycles. The first-order chi connectivity index (χ1) is 12.7. The Kier molecular flexibility index (Phi) is 4.12. The van der Waals surface area contributed by atoms with Crippen LogP contribution < -0.4 is 5.59 Å². The second-order valence-electron chi connectivity index (χ2n) is 7.72. The lowest BCUT2D eigenvalue weighted by molar-refractivity contribution is 0.00578. The summed E-state index contributed by atoms with van der Waals surface area (Å²) in [5.41, 5.74) is 1.78. The van der Waals surface area contributed by atoms with Gasteiger partial charge in [-0.1, -0.05) is 0 Å². The molecule has 0 N–H and O–H groups in total. The van der Waals surface area contributed by atoms with E-state index in [0.29, 0.717) is 22.5 Å². The van der Waals surface area contributed by atoms with Gasteiger partial charge in [0.2, 0.25) is 0 Å². The van der Waals surface area contributed by atoms with E-state index >= 15 is 0 Å². The fourth-order valence-corrected chi connectivity index (χ4v) is 2.92. The average Bonchev–Trinajstić information content (AvgIpc) is 3.11. The first kappa shape index (κ1) is 17.8. The Morgan fingerprint density at radius 3 is 2.41 bits per heavy atom. The van der Waals surface area contributed by atoms with E-state index in [1.54, 1.807) is 35.2 Å². The summed E-state index contributed by atoms with van der Waals surface area (Å²) in [5, 5.41) is 4.57. The lowest BCUT2D eigenvalue weighted by Crippen LogP contribution is -2.41. The van der Waals surface area contributed by atoms with Gasteiger partial charge in [0.25, 0.3) is 0 Å². The molecule has 0 atom stereocenters. The van der Waals surface area contributed by atoms with Crippen LogP contribution in [0, 0.1) is 0 Å². The molecule has 138 valence electrons. The van der Waals surface area contributed by atoms with Gasteiger partial charge >= 0.3 is 7.12 Å². The Morgan fingerprint density at radius 1 is 1.07 bits per heavy atom. The fraction of sp³-hybridized carbons (Fsp3) is 0.368. The number of rotatable bonds is 4. The summed E-state index contributed by atoms with van der Waals surface area (Å²) < 4.78 is 13.8. The van der Waals surface area contributed by atoms with Crippen LogP contribution in [0.3, 0.4) is 0 Å². The third-order valence-electron chi connectivity index (χ3n) is 5.23. The summed E-state index contributed by atoms with van der Waals surface area (Å²) in [4.78, 5) is 20.8. The van der Waals surface area contributed by atoms with Crippen LogP contribution in [-0.4, -0.2) is 43.7 Å². The molecule has 1 aliphatic rings. The van der Waals surface area contributed by atoms with Crippen molar-refractivity contribution >= 4 is 24.1 Å². The van der Waals surface area contributed by atoms with Gasteiger partial charge in [-0.2, -0.15) is 5.10 Å². The van der Waals surface area contributed by atoms with Crippen molar-refractivity contribution in [3.8, 4) is 0 Å². The van der Waals surface area contributed by atoms with Crippen molar-refractivity contribution in [2.24, 2.45) is 0 Å². The highest BCUT2D eigenvalue weighted by Crippen LogP contribution is 2.36. The maximum atomic E-state index is 12.4. The number of aromatic nitrogens is 4. The van der Waals surface area contributed by atoms with E-state index in [1.807, 2.05) is 39.8 Å². The molecule has 1 saturated heterocycles. The lowest BCUT2D eigenvalue weighted by Gasteiger charge is -2.32. The molecule has 8 heteroatoms. The zero-order valence-corrected chi connectivity index (χ0v) is 15.8. The Hall–Kier alpha value is -2.58. The summed E-state index contributed by atoms with van der Waals surface area (Å²) in [7, 11) is -0.538. The van der Waals surface area contributed by atoms with E-state index in [4.69, 9.17) is 9.31 Å². The molecule has 0 aromatic carbocycles. The molecule has 27 heavy (non-hydrogen) atoms. The number of carbonyl (C=O) groups is 1. The summed E-state index contributed by atoms with van der Waals surface area (Å²) in [6.45, 7) is 8.02. The van der Waals surface area contributed by atoms with Crippen LogP contribution in [0.15, 0.2) is 42.9 Å². The number of carbonyl (C=O) groups excluding carboxylic acids is 1. The molecule has 0 radical (unpaired) electrons. The largest absolute Gasteiger partial charge is 0.516 e. The van der Waals surface area contributed by atoms with E-state index < -0.39 is 18.3 Å². The second kappa shape index (κ2) is 6.25. The number of pyridine rings is 1. The topological polar surface area (TPSA) is 78.6 Å². The number of hydrogen-bond acceptors (Lipinski definition) is 6. The number of ketones is 1. The van der Waals surface area contributed by atoms with Crippen LogP contribution in [0.4, 0.5) is 0 Å². The first-order valence-corrected chi connectivity index (χ1v) is 8.89. The van der Waals surface area contributed by atoms with Crippen molar-refractivity contribution in [2.75, 3.05) is 0 Å². The summed E-state index contributed by atoms with van der Waals surface area (Å²) in [6, 6.07) is 7.10. The van der Waals surface area contributed by atoms with Gasteiger partial charge in [0.1, 0.15) is 0 Å². The number of hydrogen-bond donors (Lipinski definition) is 0. The van der Waals surface area contributed by atoms with Gasteiger partial charge in [-0.05, 0) is 52.0 Å². The minimum atomic E-state index is -0.538. The molecule has 4 heterocycles. The smallest absolute Gasteiger partial charge is 0.398 e. The molecule has 0 unspecified atom stereocenters. The third kappa shape index (κ3) is 3.26. The van der Waals surface area contributed by atoms with Crippen LogP contribution in [0.2, 0.25) is 0 Å². The normalized spacial score (nSPS) is 18.1. The van der Waals surface area contributed by atoms with Crippen molar-refractivity contribution in [1.29, 1.82) is 0 Å². The zero-order valence-electron chi connectivity index (χ0n) is 15.8. The molecule has 0 bridgehead atoms. The van der Waals surface area contributed by atoms with E-state index in [9.17, 15) is 4.79 Å². The van der Waals surface area contributed by atoms with Gasteiger partial charge in [-0.25, -0.2) is 9.50 Å². The molecule has 3 aromatic rings. The van der Waals surface area contributed by atoms with Crippen LogP contribution in [0.1, 0.15) is 43.7 Å². The minimum absolute atomic E-state index is 0.00742. The van der Waals surface area contributed by atoms with Gasteiger partial charge in [0, 0.05) is 18.0 Å². The minimum Gasteiger partial charge on any atom is -0.398 e. The number of fused-ring (bicyclic) bond motifs is 1. The predicted molar refractivity (Wildman–Crippen MR) is 101 cm³/mol. The summed E-state index contributed by atoms with van der Waals surface area (Å²) in [6.07, 6.45) is 5.19. The molecule has 0 saturated carbocycles. The molecule has 1 fully saturated rings. The highest BCUT2D eigenvalue weighted by molar-refractivity contribution is 6.61. The molecule has 4 rings (SSSR count). The lowest BCUT2D eigenvalue weighted by atomic mass is 9.85. The maximum Gasteiger partial charge on any atom is 0.516 e. The van der Waals surface area contributed by atoms with Gasteiger partial charge in [0.15, 0.2) is 11.4 Å². The summed E-state index contributed by atoms with van der Waals surface area (Å²) in [5.74, 6) is -0.00742. The predicted octanol–water partition coefficient (Wildman–Crippen LogP) is 1.85. The molecular formula is C19H21BN4O3. The standard InChI is InChI=1S/C19H21BN4O3/c1-18(2)19(3,4)27-20(26-18)16-5-6-17-22-14(12-24(17)23-16)11-15(25)13-7-9-21-10-8-13/h5-10,12H,11H2,1-4H3. The monoisotopic (exact) mass is 364 g/mol. The number of imidazole rings is 1. The van der Waals surface area contributed by atoms with E-state index in [1.165, 1.54) is 0 Å².